The number of pyridine rings is 1. The quantitative estimate of drug-likeness (QED) is 0.170. The fourth-order valence-corrected chi connectivity index (χ4v) is 7.01. The number of halogens is 2. The highest BCUT2D eigenvalue weighted by atomic mass is 79.9. The van der Waals surface area contributed by atoms with Gasteiger partial charge in [-0.15, -0.1) is 11.3 Å². The highest BCUT2D eigenvalue weighted by molar-refractivity contribution is 9.11. The molecule has 3 heterocycles. The number of benzene rings is 2. The first-order valence-corrected chi connectivity index (χ1v) is 16.2. The van der Waals surface area contributed by atoms with Gasteiger partial charge in [-0.05, 0) is 79.5 Å². The minimum atomic E-state index is -0.153. The lowest BCUT2D eigenvalue weighted by Gasteiger charge is -2.26. The van der Waals surface area contributed by atoms with Crippen molar-refractivity contribution in [3.8, 4) is 11.3 Å². The molecule has 1 saturated heterocycles. The lowest BCUT2D eigenvalue weighted by atomic mass is 10.0. The van der Waals surface area contributed by atoms with Crippen LogP contribution in [0.4, 0.5) is 5.69 Å². The van der Waals surface area contributed by atoms with Crippen molar-refractivity contribution in [2.24, 2.45) is 0 Å². The summed E-state index contributed by atoms with van der Waals surface area (Å²) in [5.74, 6) is -0.153. The van der Waals surface area contributed by atoms with Crippen molar-refractivity contribution in [3.63, 3.8) is 0 Å². The monoisotopic (exact) mass is 697 g/mol. The molecule has 0 aliphatic carbocycles. The number of aryl methyl sites for hydroxylation is 1. The van der Waals surface area contributed by atoms with Crippen molar-refractivity contribution in [1.29, 1.82) is 0 Å². The third kappa shape index (κ3) is 8.30. The molecule has 1 amide bonds. The van der Waals surface area contributed by atoms with Crippen molar-refractivity contribution in [2.75, 3.05) is 44.7 Å². The Kier molecular flexibility index (Phi) is 10.7. The van der Waals surface area contributed by atoms with Gasteiger partial charge in [-0.25, -0.2) is 4.98 Å². The second-order valence-corrected chi connectivity index (χ2v) is 12.7. The van der Waals surface area contributed by atoms with E-state index in [1.165, 1.54) is 0 Å². The molecular formula is C31H33Br2N5O2S. The highest BCUT2D eigenvalue weighted by Crippen LogP contribution is 2.29. The van der Waals surface area contributed by atoms with Crippen LogP contribution in [-0.2, 0) is 17.7 Å². The number of carbonyl (C=O) groups is 1. The van der Waals surface area contributed by atoms with E-state index in [1.54, 1.807) is 17.5 Å². The summed E-state index contributed by atoms with van der Waals surface area (Å²) in [5.41, 5.74) is 6.68. The van der Waals surface area contributed by atoms with Crippen LogP contribution >= 0.6 is 43.2 Å². The SMILES string of the molecule is Cc1ccc(NC(=O)c2cc(Br)c(CNCCCN3CCOCC3)c(Br)c2)cc1Cc1nc(-c2cccnc2)cs1. The van der Waals surface area contributed by atoms with E-state index in [4.69, 9.17) is 9.72 Å². The molecule has 0 bridgehead atoms. The first kappa shape index (κ1) is 30.0. The summed E-state index contributed by atoms with van der Waals surface area (Å²) in [7, 11) is 0. The van der Waals surface area contributed by atoms with E-state index in [1.807, 2.05) is 48.7 Å². The maximum Gasteiger partial charge on any atom is 0.255 e. The molecule has 1 aliphatic rings. The van der Waals surface area contributed by atoms with Crippen LogP contribution < -0.4 is 10.6 Å². The van der Waals surface area contributed by atoms with Gasteiger partial charge in [0.05, 0.1) is 23.9 Å². The van der Waals surface area contributed by atoms with Gasteiger partial charge in [0, 0.05) is 69.6 Å². The fourth-order valence-electron chi connectivity index (χ4n) is 4.71. The van der Waals surface area contributed by atoms with Gasteiger partial charge < -0.3 is 15.4 Å². The van der Waals surface area contributed by atoms with Gasteiger partial charge >= 0.3 is 0 Å². The van der Waals surface area contributed by atoms with Crippen LogP contribution in [0, 0.1) is 6.92 Å². The van der Waals surface area contributed by atoms with Gasteiger partial charge in [-0.3, -0.25) is 14.7 Å². The van der Waals surface area contributed by atoms with Gasteiger partial charge in [0.25, 0.3) is 5.91 Å². The molecule has 0 radical (unpaired) electrons. The van der Waals surface area contributed by atoms with Crippen LogP contribution in [0.25, 0.3) is 11.3 Å². The number of ether oxygens (including phenoxy) is 1. The zero-order valence-corrected chi connectivity index (χ0v) is 26.9. The number of nitrogens with one attached hydrogen (secondary N) is 2. The number of thiazole rings is 1. The lowest BCUT2D eigenvalue weighted by molar-refractivity contribution is 0.0374. The molecule has 2 aromatic heterocycles. The van der Waals surface area contributed by atoms with Crippen LogP contribution in [0.2, 0.25) is 0 Å². The van der Waals surface area contributed by atoms with E-state index in [2.05, 4.69) is 64.7 Å². The number of hydrogen-bond acceptors (Lipinski definition) is 7. The molecule has 1 fully saturated rings. The Hall–Kier alpha value is -2.47. The second-order valence-electron chi connectivity index (χ2n) is 10.0. The summed E-state index contributed by atoms with van der Waals surface area (Å²) in [4.78, 5) is 24.6. The zero-order valence-electron chi connectivity index (χ0n) is 23.0. The third-order valence-electron chi connectivity index (χ3n) is 7.09. The van der Waals surface area contributed by atoms with E-state index >= 15 is 0 Å². The van der Waals surface area contributed by atoms with Gasteiger partial charge in [0.15, 0.2) is 0 Å². The summed E-state index contributed by atoms with van der Waals surface area (Å²) >= 11 is 8.99. The Morgan fingerprint density at radius 1 is 1.12 bits per heavy atom. The Balaban J connectivity index is 1.17. The minimum absolute atomic E-state index is 0.153. The summed E-state index contributed by atoms with van der Waals surface area (Å²) < 4.78 is 7.21. The van der Waals surface area contributed by atoms with Crippen molar-refractivity contribution in [3.05, 3.63) is 96.4 Å². The predicted molar refractivity (Wildman–Crippen MR) is 173 cm³/mol. The van der Waals surface area contributed by atoms with Crippen LogP contribution in [0.15, 0.2) is 69.2 Å². The number of amides is 1. The van der Waals surface area contributed by atoms with Gasteiger partial charge in [-0.1, -0.05) is 37.9 Å². The van der Waals surface area contributed by atoms with Gasteiger partial charge in [-0.2, -0.15) is 0 Å². The molecule has 1 aliphatic heterocycles. The third-order valence-corrected chi connectivity index (χ3v) is 9.36. The van der Waals surface area contributed by atoms with Crippen molar-refractivity contribution < 1.29 is 9.53 Å². The van der Waals surface area contributed by atoms with E-state index in [0.29, 0.717) is 18.5 Å². The van der Waals surface area contributed by atoms with E-state index in [-0.39, 0.29) is 5.91 Å². The average Bonchev–Trinajstić information content (AvgIpc) is 3.45. The minimum Gasteiger partial charge on any atom is -0.379 e. The molecule has 2 aromatic carbocycles. The summed E-state index contributed by atoms with van der Waals surface area (Å²) in [6, 6.07) is 13.7. The number of morpholine rings is 1. The molecule has 0 atom stereocenters. The highest BCUT2D eigenvalue weighted by Gasteiger charge is 2.15. The number of aromatic nitrogens is 2. The molecule has 0 saturated carbocycles. The Bertz CT molecular complexity index is 1450. The standard InChI is InChI=1S/C31H33Br2N5O2S/c1-21-5-6-25(14-23(21)17-30-37-29(20-41-30)22-4-2-7-34-18-22)36-31(39)24-15-27(32)26(28(33)16-24)19-35-8-3-9-38-10-12-40-13-11-38/h2,4-7,14-16,18,20,35H,3,8-13,17,19H2,1H3,(H,36,39). The van der Waals surface area contributed by atoms with Gasteiger partial charge in [0.2, 0.25) is 0 Å². The Labute approximate surface area is 262 Å². The zero-order chi connectivity index (χ0) is 28.6. The number of anilines is 1. The smallest absolute Gasteiger partial charge is 0.255 e. The summed E-state index contributed by atoms with van der Waals surface area (Å²) in [6.07, 6.45) is 5.38. The first-order valence-electron chi connectivity index (χ1n) is 13.7. The normalized spacial score (nSPS) is 13.8. The summed E-state index contributed by atoms with van der Waals surface area (Å²) in [6.45, 7) is 8.51. The summed E-state index contributed by atoms with van der Waals surface area (Å²) in [5, 5.41) is 9.69. The largest absolute Gasteiger partial charge is 0.379 e. The molecule has 7 nitrogen and oxygen atoms in total. The number of hydrogen-bond donors (Lipinski definition) is 2. The Morgan fingerprint density at radius 2 is 1.93 bits per heavy atom. The molecule has 10 heteroatoms. The van der Waals surface area contributed by atoms with E-state index in [0.717, 1.165) is 93.4 Å². The van der Waals surface area contributed by atoms with Crippen molar-refractivity contribution in [1.82, 2.24) is 20.2 Å². The second kappa shape index (κ2) is 14.6. The van der Waals surface area contributed by atoms with Crippen LogP contribution in [0.1, 0.15) is 38.5 Å². The molecule has 0 spiro atoms. The van der Waals surface area contributed by atoms with Crippen LogP contribution in [-0.4, -0.2) is 60.2 Å². The molecule has 2 N–H and O–H groups in total. The molecule has 41 heavy (non-hydrogen) atoms. The van der Waals surface area contributed by atoms with Crippen molar-refractivity contribution in [2.45, 2.75) is 26.3 Å². The molecular weight excluding hydrogens is 666 g/mol. The molecule has 0 unspecified atom stereocenters. The first-order chi connectivity index (χ1) is 20.0. The number of carbonyl (C=O) groups excluding carboxylic acids is 1. The van der Waals surface area contributed by atoms with E-state index in [9.17, 15) is 4.79 Å². The molecule has 214 valence electrons. The molecule has 5 rings (SSSR count). The Morgan fingerprint density at radius 3 is 2.68 bits per heavy atom. The maximum absolute atomic E-state index is 13.2. The van der Waals surface area contributed by atoms with E-state index < -0.39 is 0 Å². The molecule has 4 aromatic rings. The van der Waals surface area contributed by atoms with Crippen LogP contribution in [0.5, 0.6) is 0 Å². The topological polar surface area (TPSA) is 79.4 Å². The predicted octanol–water partition coefficient (Wildman–Crippen LogP) is 6.69. The lowest BCUT2D eigenvalue weighted by Crippen LogP contribution is -2.37. The van der Waals surface area contributed by atoms with Crippen LogP contribution in [0.3, 0.4) is 0 Å². The average molecular weight is 700 g/mol. The van der Waals surface area contributed by atoms with Gasteiger partial charge in [0.1, 0.15) is 0 Å². The number of nitrogens with zero attached hydrogens (tertiary/aromatic N) is 3. The maximum atomic E-state index is 13.2. The van der Waals surface area contributed by atoms with Crippen molar-refractivity contribution >= 4 is 54.8 Å². The number of rotatable bonds is 11. The fraction of sp³-hybridized carbons (Fsp3) is 0.323.